The number of likely N-dealkylation sites (N-methyl/N-ethyl adjacent to an activating group) is 1. The van der Waals surface area contributed by atoms with Crippen LogP contribution in [0.2, 0.25) is 0 Å². The monoisotopic (exact) mass is 682 g/mol. The summed E-state index contributed by atoms with van der Waals surface area (Å²) in [5, 5.41) is 22.4. The Bertz CT molecular complexity index is 1060. The van der Waals surface area contributed by atoms with Crippen molar-refractivity contribution in [3.8, 4) is 0 Å². The lowest BCUT2D eigenvalue weighted by atomic mass is 9.97. The first-order valence-corrected chi connectivity index (χ1v) is 16.6. The molecular weight excluding hydrogens is 620 g/mol. The van der Waals surface area contributed by atoms with Crippen LogP contribution in [0, 0.1) is 0 Å². The molecule has 1 aromatic carbocycles. The molecule has 14 heteroatoms. The van der Waals surface area contributed by atoms with E-state index in [0.29, 0.717) is 26.2 Å². The van der Waals surface area contributed by atoms with Crippen LogP contribution in [0.25, 0.3) is 0 Å². The summed E-state index contributed by atoms with van der Waals surface area (Å²) in [5.41, 5.74) is 5.41. The van der Waals surface area contributed by atoms with Crippen molar-refractivity contribution >= 4 is 35.0 Å². The van der Waals surface area contributed by atoms with E-state index >= 15 is 0 Å². The third-order valence-electron chi connectivity index (χ3n) is 6.71. The number of nitrogens with two attached hydrogens (primary N) is 1. The highest BCUT2D eigenvalue weighted by Gasteiger charge is 2.27. The van der Waals surface area contributed by atoms with Crippen LogP contribution >= 0.6 is 0 Å². The average Bonchev–Trinajstić information content (AvgIpc) is 3.04. The Morgan fingerprint density at radius 3 is 1.88 bits per heavy atom. The standard InChI is InChI=1S/C17H33N3O5.C14H22N2O.C3H7NO2/c1-6-13(21)16(2,3)19-7-8-24-9-10-25-12-14(22)17(4,5)20-11-15(18)23;1-3-5-11-16-14(17)12-6-8-13(9-7-12)15-10-4-2;1-4-2-3(5)6/h19-20H,6-12H2,1-5H3,(H2,18,23);6-9,15H,3-5,10-11H2,1-2H3,(H,16,17);4H,2H2,1H3,(H,5,6). The maximum absolute atomic E-state index is 12.0. The number of aliphatic carboxylic acids is 1. The predicted octanol–water partition coefficient (Wildman–Crippen LogP) is 2.12. The van der Waals surface area contributed by atoms with Gasteiger partial charge in [0, 0.05) is 37.3 Å². The van der Waals surface area contributed by atoms with E-state index in [9.17, 15) is 24.0 Å². The number of amides is 2. The van der Waals surface area contributed by atoms with Crippen molar-refractivity contribution in [2.24, 2.45) is 5.73 Å². The van der Waals surface area contributed by atoms with Gasteiger partial charge < -0.3 is 41.6 Å². The van der Waals surface area contributed by atoms with E-state index in [4.69, 9.17) is 20.3 Å². The summed E-state index contributed by atoms with van der Waals surface area (Å²) in [6.07, 6.45) is 3.72. The molecule has 14 nitrogen and oxygen atoms in total. The molecule has 0 atom stereocenters. The van der Waals surface area contributed by atoms with Gasteiger partial charge in [-0.1, -0.05) is 27.2 Å². The van der Waals surface area contributed by atoms with Crippen LogP contribution in [-0.4, -0.2) is 112 Å². The number of rotatable bonds is 24. The molecule has 0 saturated carbocycles. The fraction of sp³-hybridized carbons (Fsp3) is 0.676. The second kappa shape index (κ2) is 27.5. The van der Waals surface area contributed by atoms with Crippen molar-refractivity contribution in [3.05, 3.63) is 29.8 Å². The molecule has 0 fully saturated rings. The molecule has 276 valence electrons. The maximum Gasteiger partial charge on any atom is 0.317 e. The van der Waals surface area contributed by atoms with E-state index in [2.05, 4.69) is 40.4 Å². The Labute approximate surface area is 287 Å². The van der Waals surface area contributed by atoms with Crippen molar-refractivity contribution in [1.29, 1.82) is 0 Å². The van der Waals surface area contributed by atoms with E-state index in [1.54, 1.807) is 20.9 Å². The third kappa shape index (κ3) is 24.7. The van der Waals surface area contributed by atoms with Gasteiger partial charge in [-0.3, -0.25) is 29.3 Å². The van der Waals surface area contributed by atoms with Crippen LogP contribution in [0.3, 0.4) is 0 Å². The Balaban J connectivity index is 0. The van der Waals surface area contributed by atoms with Crippen LogP contribution in [0.4, 0.5) is 5.69 Å². The van der Waals surface area contributed by atoms with E-state index in [0.717, 1.165) is 43.6 Å². The maximum atomic E-state index is 12.0. The molecule has 0 aliphatic carbocycles. The second-order valence-corrected chi connectivity index (χ2v) is 11.9. The molecule has 0 aliphatic heterocycles. The molecular formula is C34H62N6O8. The Morgan fingerprint density at radius 2 is 1.38 bits per heavy atom. The van der Waals surface area contributed by atoms with Crippen LogP contribution < -0.4 is 32.3 Å². The van der Waals surface area contributed by atoms with Gasteiger partial charge in [0.25, 0.3) is 5.91 Å². The van der Waals surface area contributed by atoms with Crippen molar-refractivity contribution in [2.75, 3.05) is 71.5 Å². The number of carbonyl (C=O) groups is 5. The van der Waals surface area contributed by atoms with E-state index in [-0.39, 0.29) is 43.8 Å². The molecule has 0 bridgehead atoms. The van der Waals surface area contributed by atoms with Gasteiger partial charge in [0.05, 0.1) is 44.0 Å². The Hall–Kier alpha value is -3.43. The molecule has 0 spiro atoms. The number of nitrogens with one attached hydrogen (secondary N) is 5. The van der Waals surface area contributed by atoms with Gasteiger partial charge in [0.15, 0.2) is 11.6 Å². The number of Topliss-reactive ketones (excluding diaryl/α,β-unsaturated/α-hetero) is 2. The van der Waals surface area contributed by atoms with Crippen molar-refractivity contribution in [3.63, 3.8) is 0 Å². The Kier molecular flexibility index (Phi) is 26.8. The number of hydrogen-bond donors (Lipinski definition) is 7. The number of carbonyl (C=O) groups excluding carboxylic acids is 4. The van der Waals surface area contributed by atoms with Gasteiger partial charge >= 0.3 is 5.97 Å². The minimum atomic E-state index is -0.878. The number of anilines is 1. The number of carboxylic acids is 1. The van der Waals surface area contributed by atoms with E-state index < -0.39 is 23.0 Å². The summed E-state index contributed by atoms with van der Waals surface area (Å²) in [7, 11) is 1.59. The summed E-state index contributed by atoms with van der Waals surface area (Å²) >= 11 is 0. The minimum Gasteiger partial charge on any atom is -0.480 e. The van der Waals surface area contributed by atoms with Crippen molar-refractivity contribution in [1.82, 2.24) is 21.3 Å². The zero-order valence-electron chi connectivity index (χ0n) is 30.4. The molecule has 0 radical (unpaired) electrons. The molecule has 1 aromatic rings. The number of ether oxygens (including phenoxy) is 2. The second-order valence-electron chi connectivity index (χ2n) is 11.9. The Morgan fingerprint density at radius 1 is 0.771 bits per heavy atom. The molecule has 8 N–H and O–H groups in total. The van der Waals surface area contributed by atoms with Gasteiger partial charge in [0.1, 0.15) is 6.61 Å². The molecule has 1 rings (SSSR count). The first-order chi connectivity index (χ1) is 22.6. The topological polar surface area (TPSA) is 210 Å². The summed E-state index contributed by atoms with van der Waals surface area (Å²) in [6, 6.07) is 7.62. The lowest BCUT2D eigenvalue weighted by molar-refractivity contribution is -0.136. The molecule has 0 aliphatic rings. The normalized spacial score (nSPS) is 10.9. The van der Waals surface area contributed by atoms with Crippen LogP contribution in [0.1, 0.15) is 84.5 Å². The van der Waals surface area contributed by atoms with Gasteiger partial charge in [0.2, 0.25) is 5.91 Å². The molecule has 0 heterocycles. The van der Waals surface area contributed by atoms with Gasteiger partial charge in [-0.05, 0) is 71.8 Å². The lowest BCUT2D eigenvalue weighted by Crippen LogP contribution is -2.51. The van der Waals surface area contributed by atoms with E-state index in [1.807, 2.05) is 45.0 Å². The SMILES string of the molecule is CCC(=O)C(C)(C)NCCOCCOCC(=O)C(C)(C)NCC(N)=O.CCCCNC(=O)c1ccc(NCCC)cc1.CNCC(=O)O. The molecule has 0 unspecified atom stereocenters. The number of benzene rings is 1. The summed E-state index contributed by atoms with van der Waals surface area (Å²) in [4.78, 5) is 55.7. The average molecular weight is 683 g/mol. The number of carboxylic acid groups (broad SMARTS) is 1. The zero-order valence-corrected chi connectivity index (χ0v) is 30.4. The van der Waals surface area contributed by atoms with Gasteiger partial charge in [-0.25, -0.2) is 0 Å². The third-order valence-corrected chi connectivity index (χ3v) is 6.71. The smallest absolute Gasteiger partial charge is 0.317 e. The molecule has 2 amide bonds. The quantitative estimate of drug-likeness (QED) is 0.0782. The van der Waals surface area contributed by atoms with Crippen LogP contribution in [-0.2, 0) is 28.7 Å². The van der Waals surface area contributed by atoms with Crippen molar-refractivity contribution in [2.45, 2.75) is 85.2 Å². The van der Waals surface area contributed by atoms with Gasteiger partial charge in [-0.2, -0.15) is 0 Å². The van der Waals surface area contributed by atoms with Gasteiger partial charge in [-0.15, -0.1) is 0 Å². The minimum absolute atomic E-state index is 0.0143. The highest BCUT2D eigenvalue weighted by atomic mass is 16.5. The summed E-state index contributed by atoms with van der Waals surface area (Å²) in [6.45, 7) is 16.4. The first-order valence-electron chi connectivity index (χ1n) is 16.6. The summed E-state index contributed by atoms with van der Waals surface area (Å²) < 4.78 is 10.7. The first kappa shape index (κ1) is 46.7. The number of ketones is 2. The fourth-order valence-electron chi connectivity index (χ4n) is 3.59. The van der Waals surface area contributed by atoms with Crippen LogP contribution in [0.5, 0.6) is 0 Å². The lowest BCUT2D eigenvalue weighted by Gasteiger charge is -2.24. The number of unbranched alkanes of at least 4 members (excludes halogenated alkanes) is 1. The molecule has 0 saturated heterocycles. The number of primary amides is 1. The fourth-order valence-corrected chi connectivity index (χ4v) is 3.59. The van der Waals surface area contributed by atoms with E-state index in [1.165, 1.54) is 0 Å². The van der Waals surface area contributed by atoms with Crippen molar-refractivity contribution < 1.29 is 38.6 Å². The highest BCUT2D eigenvalue weighted by molar-refractivity contribution is 5.94. The zero-order chi connectivity index (χ0) is 37.0. The largest absolute Gasteiger partial charge is 0.480 e. The predicted molar refractivity (Wildman–Crippen MR) is 189 cm³/mol. The molecule has 0 aromatic heterocycles. The number of hydrogen-bond acceptors (Lipinski definition) is 11. The van der Waals surface area contributed by atoms with Crippen LogP contribution in [0.15, 0.2) is 24.3 Å². The highest BCUT2D eigenvalue weighted by Crippen LogP contribution is 2.10. The molecule has 48 heavy (non-hydrogen) atoms. The summed E-state index contributed by atoms with van der Waals surface area (Å²) in [5.74, 6) is -1.34.